The van der Waals surface area contributed by atoms with Gasteiger partial charge in [-0.3, -0.25) is 0 Å². The molecule has 0 bridgehead atoms. The Kier molecular flexibility index (Phi) is 6.60. The molecule has 5 nitrogen and oxygen atoms in total. The number of hydrogen-bond acceptors (Lipinski definition) is 5. The van der Waals surface area contributed by atoms with Crippen molar-refractivity contribution in [2.45, 2.75) is 76.0 Å². The monoisotopic (exact) mass is 537 g/mol. The second-order valence-corrected chi connectivity index (χ2v) is 13.8. The number of rotatable bonds is 5. The number of benzene rings is 2. The quantitative estimate of drug-likeness (QED) is 0.284. The van der Waals surface area contributed by atoms with Crippen molar-refractivity contribution >= 4 is 37.9 Å². The molecule has 0 atom stereocenters. The van der Waals surface area contributed by atoms with Crippen LogP contribution in [0.15, 0.2) is 51.8 Å². The first kappa shape index (κ1) is 24.1. The van der Waals surface area contributed by atoms with Crippen LogP contribution in [-0.4, -0.2) is 17.2 Å². The highest BCUT2D eigenvalue weighted by atomic mass is 32.2. The Morgan fingerprint density at radius 2 is 1.72 bits per heavy atom. The third-order valence-corrected chi connectivity index (χ3v) is 11.0. The van der Waals surface area contributed by atoms with E-state index in [-0.39, 0.29) is 9.70 Å². The van der Waals surface area contributed by atoms with Crippen molar-refractivity contribution in [3.05, 3.63) is 68.8 Å². The van der Waals surface area contributed by atoms with Gasteiger partial charge in [-0.2, -0.15) is 13.4 Å². The maximum atomic E-state index is 13.0. The summed E-state index contributed by atoms with van der Waals surface area (Å²) in [5, 5.41) is 0. The van der Waals surface area contributed by atoms with Gasteiger partial charge >= 0.3 is 0 Å². The predicted molar refractivity (Wildman–Crippen MR) is 147 cm³/mol. The third kappa shape index (κ3) is 4.83. The number of fused-ring (bicyclic) bond motifs is 2. The van der Waals surface area contributed by atoms with E-state index in [1.54, 1.807) is 35.6 Å². The molecule has 188 valence electrons. The van der Waals surface area contributed by atoms with Gasteiger partial charge in [0.25, 0.3) is 10.0 Å². The Balaban J connectivity index is 1.45. The topological polar surface area (TPSA) is 63.8 Å². The molecule has 2 aromatic carbocycles. The van der Waals surface area contributed by atoms with Crippen LogP contribution >= 0.6 is 22.9 Å². The molecule has 0 radical (unpaired) electrons. The smallest absolute Gasteiger partial charge is 0.236 e. The molecule has 4 aromatic rings. The van der Waals surface area contributed by atoms with E-state index in [0.29, 0.717) is 0 Å². The summed E-state index contributed by atoms with van der Waals surface area (Å²) in [6, 6.07) is 13.7. The van der Waals surface area contributed by atoms with Crippen molar-refractivity contribution < 1.29 is 8.42 Å². The van der Waals surface area contributed by atoms with Crippen LogP contribution in [0.25, 0.3) is 16.2 Å². The summed E-state index contributed by atoms with van der Waals surface area (Å²) in [4.78, 5) is 7.36. The SMILES string of the molecule is Cc1ccc(S(=O)(=O)/N=c2/nc3sc(CC4CCCCC4)c(-c4ccc5c(c4)CCCC5)n3s2)cc1. The summed E-state index contributed by atoms with van der Waals surface area (Å²) in [7, 11) is -3.81. The number of aromatic nitrogens is 2. The van der Waals surface area contributed by atoms with Gasteiger partial charge in [-0.25, -0.2) is 3.79 Å². The fourth-order valence-electron chi connectivity index (χ4n) is 5.60. The Labute approximate surface area is 220 Å². The molecule has 1 fully saturated rings. The van der Waals surface area contributed by atoms with Crippen molar-refractivity contribution in [1.29, 1.82) is 0 Å². The molecule has 2 heterocycles. The first-order valence-electron chi connectivity index (χ1n) is 13.0. The molecular formula is C28H31N3O2S3. The first-order valence-corrected chi connectivity index (χ1v) is 16.0. The first-order chi connectivity index (χ1) is 17.5. The molecule has 36 heavy (non-hydrogen) atoms. The highest BCUT2D eigenvalue weighted by molar-refractivity contribution is 7.90. The van der Waals surface area contributed by atoms with E-state index in [2.05, 4.69) is 31.4 Å². The van der Waals surface area contributed by atoms with Gasteiger partial charge in [0.05, 0.1) is 10.6 Å². The van der Waals surface area contributed by atoms with Gasteiger partial charge in [0.15, 0.2) is 0 Å². The molecule has 8 heteroatoms. The normalized spacial score (nSPS) is 17.5. The van der Waals surface area contributed by atoms with E-state index >= 15 is 0 Å². The van der Waals surface area contributed by atoms with Gasteiger partial charge < -0.3 is 0 Å². The van der Waals surface area contributed by atoms with Crippen molar-refractivity contribution in [2.75, 3.05) is 0 Å². The van der Waals surface area contributed by atoms with Crippen LogP contribution in [0.1, 0.15) is 66.5 Å². The molecule has 1 saturated carbocycles. The zero-order valence-electron chi connectivity index (χ0n) is 20.6. The van der Waals surface area contributed by atoms with Gasteiger partial charge in [0.2, 0.25) is 9.76 Å². The number of hydrogen-bond donors (Lipinski definition) is 0. The molecule has 2 aliphatic carbocycles. The van der Waals surface area contributed by atoms with E-state index < -0.39 is 10.0 Å². The van der Waals surface area contributed by atoms with Gasteiger partial charge in [-0.15, -0.1) is 4.40 Å². The summed E-state index contributed by atoms with van der Waals surface area (Å²) in [5.74, 6) is 0.717. The lowest BCUT2D eigenvalue weighted by Gasteiger charge is -2.21. The molecule has 2 aromatic heterocycles. The number of thiazole rings is 1. The molecular weight excluding hydrogens is 507 g/mol. The lowest BCUT2D eigenvalue weighted by atomic mass is 9.85. The zero-order valence-corrected chi connectivity index (χ0v) is 23.0. The molecule has 0 aliphatic heterocycles. The maximum absolute atomic E-state index is 13.0. The van der Waals surface area contributed by atoms with E-state index in [1.165, 1.54) is 83.7 Å². The average molecular weight is 538 g/mol. The van der Waals surface area contributed by atoms with Crippen LogP contribution in [0, 0.1) is 12.8 Å². The van der Waals surface area contributed by atoms with E-state index in [1.807, 2.05) is 6.92 Å². The highest BCUT2D eigenvalue weighted by Gasteiger charge is 2.23. The van der Waals surface area contributed by atoms with Crippen LogP contribution in [0.5, 0.6) is 0 Å². The van der Waals surface area contributed by atoms with Crippen LogP contribution < -0.4 is 4.80 Å². The van der Waals surface area contributed by atoms with Crippen LogP contribution in [0.4, 0.5) is 0 Å². The Bertz CT molecular complexity index is 1570. The minimum Gasteiger partial charge on any atom is -0.236 e. The second-order valence-electron chi connectivity index (χ2n) is 10.2. The Morgan fingerprint density at radius 1 is 0.972 bits per heavy atom. The van der Waals surface area contributed by atoms with Gasteiger partial charge in [-0.05, 0) is 85.8 Å². The number of nitrogens with zero attached hydrogens (tertiary/aromatic N) is 3. The summed E-state index contributed by atoms with van der Waals surface area (Å²) in [5.41, 5.74) is 6.34. The molecule has 0 N–H and O–H groups in total. The van der Waals surface area contributed by atoms with E-state index in [0.717, 1.165) is 35.7 Å². The van der Waals surface area contributed by atoms with Crippen LogP contribution in [-0.2, 0) is 29.3 Å². The summed E-state index contributed by atoms with van der Waals surface area (Å²) < 4.78 is 32.1. The van der Waals surface area contributed by atoms with E-state index in [9.17, 15) is 8.42 Å². The minimum atomic E-state index is -3.81. The average Bonchev–Trinajstić information content (AvgIpc) is 3.40. The van der Waals surface area contributed by atoms with Gasteiger partial charge in [0, 0.05) is 10.4 Å². The molecule has 2 aliphatic rings. The predicted octanol–water partition coefficient (Wildman–Crippen LogP) is 6.72. The summed E-state index contributed by atoms with van der Waals surface area (Å²) in [6.45, 7) is 1.94. The second kappa shape index (κ2) is 9.88. The summed E-state index contributed by atoms with van der Waals surface area (Å²) >= 11 is 3.04. The fourth-order valence-corrected chi connectivity index (χ4v) is 9.07. The number of aryl methyl sites for hydroxylation is 3. The molecule has 0 spiro atoms. The van der Waals surface area contributed by atoms with E-state index in [4.69, 9.17) is 0 Å². The Hall–Kier alpha value is -2.29. The molecule has 0 unspecified atom stereocenters. The van der Waals surface area contributed by atoms with Crippen molar-refractivity contribution in [3.63, 3.8) is 0 Å². The Morgan fingerprint density at radius 3 is 2.50 bits per heavy atom. The van der Waals surface area contributed by atoms with Crippen molar-refractivity contribution in [1.82, 2.24) is 8.77 Å². The van der Waals surface area contributed by atoms with Crippen LogP contribution in [0.2, 0.25) is 0 Å². The van der Waals surface area contributed by atoms with Crippen LogP contribution in [0.3, 0.4) is 0 Å². The maximum Gasteiger partial charge on any atom is 0.285 e. The molecule has 0 amide bonds. The minimum absolute atomic E-state index is 0.199. The fraction of sp³-hybridized carbons (Fsp3) is 0.429. The largest absolute Gasteiger partial charge is 0.285 e. The van der Waals surface area contributed by atoms with Crippen molar-refractivity contribution in [2.24, 2.45) is 10.3 Å². The van der Waals surface area contributed by atoms with Crippen molar-refractivity contribution in [3.8, 4) is 11.3 Å². The highest BCUT2D eigenvalue weighted by Crippen LogP contribution is 2.38. The number of sulfonamides is 1. The van der Waals surface area contributed by atoms with Gasteiger partial charge in [0.1, 0.15) is 0 Å². The molecule has 6 rings (SSSR count). The molecule has 0 saturated heterocycles. The standard InChI is InChI=1S/C28H31N3O2S3/c1-19-11-15-24(16-12-19)36(32,33)30-27-29-28-31(35-27)26(25(34-28)17-20-7-3-2-4-8-20)23-14-13-21-9-5-6-10-22(21)18-23/h11-16,18,20H,2-10,17H2,1H3/b30-27-. The summed E-state index contributed by atoms with van der Waals surface area (Å²) in [6.07, 6.45) is 12.5. The lowest BCUT2D eigenvalue weighted by Crippen LogP contribution is -2.09. The van der Waals surface area contributed by atoms with Gasteiger partial charge in [-0.1, -0.05) is 73.3 Å². The third-order valence-electron chi connectivity index (χ3n) is 7.56. The zero-order chi connectivity index (χ0) is 24.7. The lowest BCUT2D eigenvalue weighted by molar-refractivity contribution is 0.358.